The van der Waals surface area contributed by atoms with Crippen LogP contribution in [0.2, 0.25) is 0 Å². The highest BCUT2D eigenvalue weighted by Gasteiger charge is 2.26. The van der Waals surface area contributed by atoms with E-state index in [0.717, 1.165) is 11.1 Å². The minimum absolute atomic E-state index is 0.0914. The number of likely N-dealkylation sites (N-methyl/N-ethyl adjacent to an activating group) is 1. The van der Waals surface area contributed by atoms with Crippen LogP contribution in [-0.4, -0.2) is 29.7 Å². The van der Waals surface area contributed by atoms with E-state index in [2.05, 4.69) is 6.07 Å². The molecule has 0 fully saturated rings. The van der Waals surface area contributed by atoms with Crippen LogP contribution in [0.3, 0.4) is 0 Å². The summed E-state index contributed by atoms with van der Waals surface area (Å²) < 4.78 is 6.06. The van der Waals surface area contributed by atoms with Crippen LogP contribution in [0.5, 0.6) is 5.75 Å². The van der Waals surface area contributed by atoms with E-state index in [1.165, 1.54) is 0 Å². The lowest BCUT2D eigenvalue weighted by molar-refractivity contribution is -0.116. The van der Waals surface area contributed by atoms with Gasteiger partial charge in [0.1, 0.15) is 11.5 Å². The number of Topliss-reactive ketones (excluding diaryl/α,β-unsaturated/α-hetero) is 2. The topological polar surface area (TPSA) is 46.6 Å². The van der Waals surface area contributed by atoms with Crippen LogP contribution in [-0.2, 0) is 17.8 Å². The van der Waals surface area contributed by atoms with E-state index in [-0.39, 0.29) is 11.6 Å². The van der Waals surface area contributed by atoms with Gasteiger partial charge in [-0.3, -0.25) is 14.5 Å². The Morgan fingerprint density at radius 3 is 2.21 bits per heavy atom. The van der Waals surface area contributed by atoms with Crippen molar-refractivity contribution in [3.05, 3.63) is 102 Å². The summed E-state index contributed by atoms with van der Waals surface area (Å²) in [7, 11) is 1.87. The second kappa shape index (κ2) is 9.80. The van der Waals surface area contributed by atoms with Gasteiger partial charge in [0.05, 0.1) is 0 Å². The number of benzene rings is 3. The van der Waals surface area contributed by atoms with Crippen LogP contribution in [0.25, 0.3) is 0 Å². The molecule has 3 aromatic rings. The average Bonchev–Trinajstić information content (AvgIpc) is 2.73. The molecule has 1 radical (unpaired) electrons. The molecule has 3 rings (SSSR count). The van der Waals surface area contributed by atoms with E-state index in [0.29, 0.717) is 24.3 Å². The van der Waals surface area contributed by atoms with Gasteiger partial charge in [0.2, 0.25) is 12.0 Å². The van der Waals surface area contributed by atoms with E-state index in [1.807, 2.05) is 54.4 Å². The molecule has 29 heavy (non-hydrogen) atoms. The number of carbonyl (C=O) groups is 2. The Kier molecular flexibility index (Phi) is 6.93. The summed E-state index contributed by atoms with van der Waals surface area (Å²) in [5.41, 5.74) is 2.53. The summed E-state index contributed by atoms with van der Waals surface area (Å²) >= 11 is 0. The highest BCUT2D eigenvalue weighted by atomic mass is 16.5. The standard InChI is InChI=1S/C25H24NO3/c1-19(27)17-20-13-15-22(16-14-20)24(28)25(29-23-11-7-4-8-12-23)26(2)18-21-9-5-3-6-10-21/h3,5-16,25H,17-18H2,1-2H3. The van der Waals surface area contributed by atoms with Crippen LogP contribution in [0.4, 0.5) is 0 Å². The Morgan fingerprint density at radius 2 is 1.59 bits per heavy atom. The Labute approximate surface area is 171 Å². The van der Waals surface area contributed by atoms with Gasteiger partial charge in [-0.1, -0.05) is 66.7 Å². The molecule has 0 saturated carbocycles. The van der Waals surface area contributed by atoms with Crippen molar-refractivity contribution in [1.29, 1.82) is 0 Å². The Hall–Kier alpha value is -3.24. The van der Waals surface area contributed by atoms with Crippen LogP contribution in [0.1, 0.15) is 28.4 Å². The summed E-state index contributed by atoms with van der Waals surface area (Å²) in [6, 6.07) is 27.1. The quantitative estimate of drug-likeness (QED) is 0.405. The van der Waals surface area contributed by atoms with Crippen molar-refractivity contribution in [2.24, 2.45) is 0 Å². The Morgan fingerprint density at radius 1 is 0.931 bits per heavy atom. The Balaban J connectivity index is 1.83. The molecule has 0 heterocycles. The van der Waals surface area contributed by atoms with E-state index in [9.17, 15) is 9.59 Å². The fraction of sp³-hybridized carbons (Fsp3) is 0.200. The Bertz CT molecular complexity index is 937. The van der Waals surface area contributed by atoms with Crippen molar-refractivity contribution in [1.82, 2.24) is 4.90 Å². The van der Waals surface area contributed by atoms with Crippen molar-refractivity contribution >= 4 is 11.6 Å². The first-order valence-corrected chi connectivity index (χ1v) is 9.52. The molecule has 0 bridgehead atoms. The molecular formula is C25H24NO3. The molecule has 0 saturated heterocycles. The molecule has 0 spiro atoms. The van der Waals surface area contributed by atoms with Crippen LogP contribution >= 0.6 is 0 Å². The largest absolute Gasteiger partial charge is 0.467 e. The monoisotopic (exact) mass is 386 g/mol. The number of carbonyl (C=O) groups excluding carboxylic acids is 2. The maximum atomic E-state index is 13.3. The summed E-state index contributed by atoms with van der Waals surface area (Å²) in [6.07, 6.45) is -0.417. The summed E-state index contributed by atoms with van der Waals surface area (Å²) in [4.78, 5) is 26.5. The summed E-state index contributed by atoms with van der Waals surface area (Å²) in [6.45, 7) is 2.12. The number of ether oxygens (including phenoxy) is 1. The fourth-order valence-corrected chi connectivity index (χ4v) is 3.09. The first kappa shape index (κ1) is 20.5. The van der Waals surface area contributed by atoms with Crippen molar-refractivity contribution in [2.45, 2.75) is 26.1 Å². The second-order valence-corrected chi connectivity index (χ2v) is 7.05. The lowest BCUT2D eigenvalue weighted by atomic mass is 10.0. The molecule has 0 aliphatic rings. The third-order valence-electron chi connectivity index (χ3n) is 4.53. The minimum Gasteiger partial charge on any atom is -0.467 e. The van der Waals surface area contributed by atoms with Crippen molar-refractivity contribution in [3.8, 4) is 5.75 Å². The maximum Gasteiger partial charge on any atom is 0.218 e. The predicted octanol–water partition coefficient (Wildman–Crippen LogP) is 4.34. The molecule has 0 N–H and O–H groups in total. The lowest BCUT2D eigenvalue weighted by Gasteiger charge is -2.27. The maximum absolute atomic E-state index is 13.3. The van der Waals surface area contributed by atoms with Gasteiger partial charge in [-0.05, 0) is 43.3 Å². The number of ketones is 2. The molecule has 0 aromatic heterocycles. The first-order chi connectivity index (χ1) is 14.0. The minimum atomic E-state index is -0.781. The van der Waals surface area contributed by atoms with Crippen molar-refractivity contribution in [2.75, 3.05) is 7.05 Å². The first-order valence-electron chi connectivity index (χ1n) is 9.52. The zero-order chi connectivity index (χ0) is 20.6. The van der Waals surface area contributed by atoms with E-state index in [4.69, 9.17) is 4.74 Å². The zero-order valence-corrected chi connectivity index (χ0v) is 16.7. The SMILES string of the molecule is CC(=O)Cc1ccc(C(=O)C(Oc2cc[c]cc2)N(C)Cc2ccccc2)cc1. The van der Waals surface area contributed by atoms with Gasteiger partial charge in [-0.15, -0.1) is 0 Å². The molecule has 1 unspecified atom stereocenters. The van der Waals surface area contributed by atoms with E-state index in [1.54, 1.807) is 43.3 Å². The summed E-state index contributed by atoms with van der Waals surface area (Å²) in [5, 5.41) is 0. The lowest BCUT2D eigenvalue weighted by Crippen LogP contribution is -2.42. The molecule has 0 aliphatic carbocycles. The molecule has 0 aliphatic heterocycles. The fourth-order valence-electron chi connectivity index (χ4n) is 3.09. The highest BCUT2D eigenvalue weighted by Crippen LogP contribution is 2.18. The molecule has 1 atom stereocenters. The second-order valence-electron chi connectivity index (χ2n) is 7.05. The van der Waals surface area contributed by atoms with E-state index < -0.39 is 6.23 Å². The van der Waals surface area contributed by atoms with Crippen LogP contribution in [0, 0.1) is 6.07 Å². The third-order valence-corrected chi connectivity index (χ3v) is 4.53. The van der Waals surface area contributed by atoms with Gasteiger partial charge in [-0.25, -0.2) is 0 Å². The number of rotatable bonds is 9. The molecular weight excluding hydrogens is 362 g/mol. The molecule has 0 amide bonds. The normalized spacial score (nSPS) is 11.8. The zero-order valence-electron chi connectivity index (χ0n) is 16.7. The van der Waals surface area contributed by atoms with Gasteiger partial charge < -0.3 is 4.74 Å². The number of hydrogen-bond acceptors (Lipinski definition) is 4. The van der Waals surface area contributed by atoms with Gasteiger partial charge in [0.25, 0.3) is 0 Å². The van der Waals surface area contributed by atoms with Gasteiger partial charge in [-0.2, -0.15) is 0 Å². The van der Waals surface area contributed by atoms with Crippen LogP contribution < -0.4 is 4.74 Å². The van der Waals surface area contributed by atoms with E-state index >= 15 is 0 Å². The smallest absolute Gasteiger partial charge is 0.218 e. The average molecular weight is 386 g/mol. The predicted molar refractivity (Wildman–Crippen MR) is 113 cm³/mol. The molecule has 4 nitrogen and oxygen atoms in total. The van der Waals surface area contributed by atoms with Crippen molar-refractivity contribution in [3.63, 3.8) is 0 Å². The third kappa shape index (κ3) is 5.87. The van der Waals surface area contributed by atoms with Gasteiger partial charge in [0.15, 0.2) is 0 Å². The van der Waals surface area contributed by atoms with Gasteiger partial charge >= 0.3 is 0 Å². The van der Waals surface area contributed by atoms with Crippen molar-refractivity contribution < 1.29 is 14.3 Å². The number of hydrogen-bond donors (Lipinski definition) is 0. The molecule has 4 heteroatoms. The molecule has 3 aromatic carbocycles. The highest BCUT2D eigenvalue weighted by molar-refractivity contribution is 5.99. The molecule has 147 valence electrons. The van der Waals surface area contributed by atoms with Gasteiger partial charge in [0, 0.05) is 18.5 Å². The number of nitrogens with zero attached hydrogens (tertiary/aromatic N) is 1. The van der Waals surface area contributed by atoms with Crippen LogP contribution in [0.15, 0.2) is 78.9 Å². The summed E-state index contributed by atoms with van der Waals surface area (Å²) in [5.74, 6) is 0.564.